The van der Waals surface area contributed by atoms with E-state index in [4.69, 9.17) is 4.74 Å². The minimum Gasteiger partial charge on any atom is -0.494 e. The molecule has 1 aromatic carbocycles. The molecule has 94 valence electrons. The van der Waals surface area contributed by atoms with Crippen molar-refractivity contribution in [3.05, 3.63) is 29.8 Å². The van der Waals surface area contributed by atoms with Crippen LogP contribution in [0, 0.1) is 0 Å². The maximum Gasteiger partial charge on any atom is 0.159 e. The van der Waals surface area contributed by atoms with E-state index in [-0.39, 0.29) is 11.5 Å². The molecule has 0 amide bonds. The first-order chi connectivity index (χ1) is 7.88. The van der Waals surface area contributed by atoms with E-state index in [1.165, 1.54) is 13.2 Å². The number of carbonyl (C=O) groups excluding carboxylic acids is 1. The Balaban J connectivity index is 2.40. The Morgan fingerprint density at radius 3 is 2.29 bits per heavy atom. The second-order valence-corrected chi connectivity index (χ2v) is 6.17. The van der Waals surface area contributed by atoms with Gasteiger partial charge in [-0.05, 0) is 37.6 Å². The largest absolute Gasteiger partial charge is 0.494 e. The van der Waals surface area contributed by atoms with Gasteiger partial charge in [0.1, 0.15) is 15.6 Å². The van der Waals surface area contributed by atoms with Crippen molar-refractivity contribution in [1.82, 2.24) is 0 Å². The zero-order valence-corrected chi connectivity index (χ0v) is 10.8. The van der Waals surface area contributed by atoms with Gasteiger partial charge >= 0.3 is 0 Å². The molecule has 0 aromatic heterocycles. The number of carbonyl (C=O) groups is 1. The molecule has 5 heteroatoms. The second-order valence-electron chi connectivity index (χ2n) is 3.91. The molecule has 0 aliphatic heterocycles. The van der Waals surface area contributed by atoms with Gasteiger partial charge in [0.05, 0.1) is 12.4 Å². The number of rotatable bonds is 6. The Morgan fingerprint density at radius 2 is 1.82 bits per heavy atom. The highest BCUT2D eigenvalue weighted by atomic mass is 32.2. The third-order valence-corrected chi connectivity index (χ3v) is 3.22. The zero-order valence-electron chi connectivity index (χ0n) is 9.97. The summed E-state index contributed by atoms with van der Waals surface area (Å²) >= 11 is 0. The van der Waals surface area contributed by atoms with Crippen LogP contribution < -0.4 is 4.74 Å². The first-order valence-electron chi connectivity index (χ1n) is 5.30. The molecule has 0 heterocycles. The van der Waals surface area contributed by atoms with Crippen molar-refractivity contribution in [2.45, 2.75) is 13.3 Å². The van der Waals surface area contributed by atoms with Crippen molar-refractivity contribution >= 4 is 15.6 Å². The fraction of sp³-hybridized carbons (Fsp3) is 0.417. The summed E-state index contributed by atoms with van der Waals surface area (Å²) in [5.74, 6) is 0.774. The van der Waals surface area contributed by atoms with Gasteiger partial charge in [0.2, 0.25) is 0 Å². The maximum absolute atomic E-state index is 11.0. The molecule has 1 rings (SSSR count). The third kappa shape index (κ3) is 5.49. The molecule has 0 saturated carbocycles. The number of ether oxygens (including phenoxy) is 1. The van der Waals surface area contributed by atoms with E-state index in [9.17, 15) is 13.2 Å². The fourth-order valence-electron chi connectivity index (χ4n) is 1.30. The van der Waals surface area contributed by atoms with Gasteiger partial charge in [-0.15, -0.1) is 0 Å². The maximum atomic E-state index is 11.0. The van der Waals surface area contributed by atoms with E-state index < -0.39 is 9.84 Å². The predicted molar refractivity (Wildman–Crippen MR) is 66.3 cm³/mol. The van der Waals surface area contributed by atoms with E-state index in [0.717, 1.165) is 0 Å². The zero-order chi connectivity index (χ0) is 12.9. The molecular weight excluding hydrogens is 240 g/mol. The molecule has 0 unspecified atom stereocenters. The van der Waals surface area contributed by atoms with E-state index in [0.29, 0.717) is 24.3 Å². The van der Waals surface area contributed by atoms with E-state index in [1.54, 1.807) is 24.3 Å². The summed E-state index contributed by atoms with van der Waals surface area (Å²) in [4.78, 5) is 11.0. The molecule has 17 heavy (non-hydrogen) atoms. The van der Waals surface area contributed by atoms with Crippen molar-refractivity contribution < 1.29 is 17.9 Å². The highest BCUT2D eigenvalue weighted by Gasteiger charge is 2.02. The lowest BCUT2D eigenvalue weighted by molar-refractivity contribution is 0.101. The van der Waals surface area contributed by atoms with Crippen LogP contribution in [-0.2, 0) is 9.84 Å². The quantitative estimate of drug-likeness (QED) is 0.574. The molecule has 4 nitrogen and oxygen atoms in total. The van der Waals surface area contributed by atoms with Gasteiger partial charge in [-0.1, -0.05) is 0 Å². The van der Waals surface area contributed by atoms with Crippen LogP contribution in [0.15, 0.2) is 24.3 Å². The van der Waals surface area contributed by atoms with E-state index in [2.05, 4.69) is 0 Å². The van der Waals surface area contributed by atoms with Crippen molar-refractivity contribution in [2.75, 3.05) is 18.6 Å². The monoisotopic (exact) mass is 256 g/mol. The minimum atomic E-state index is -2.92. The normalized spacial score (nSPS) is 11.2. The SMILES string of the molecule is CC(=O)c1ccc(OCCCS(C)(=O)=O)cc1. The van der Waals surface area contributed by atoms with Crippen LogP contribution in [0.1, 0.15) is 23.7 Å². The Morgan fingerprint density at radius 1 is 1.24 bits per heavy atom. The van der Waals surface area contributed by atoms with Gasteiger partial charge in [-0.25, -0.2) is 8.42 Å². The number of hydrogen-bond acceptors (Lipinski definition) is 4. The topological polar surface area (TPSA) is 60.4 Å². The first-order valence-corrected chi connectivity index (χ1v) is 7.36. The molecule has 0 aliphatic carbocycles. The van der Waals surface area contributed by atoms with Crippen LogP contribution in [0.5, 0.6) is 5.75 Å². The molecule has 0 bridgehead atoms. The fourth-order valence-corrected chi connectivity index (χ4v) is 1.94. The van der Waals surface area contributed by atoms with Crippen molar-refractivity contribution in [1.29, 1.82) is 0 Å². The van der Waals surface area contributed by atoms with Crippen LogP contribution in [0.4, 0.5) is 0 Å². The van der Waals surface area contributed by atoms with E-state index in [1.807, 2.05) is 0 Å². The van der Waals surface area contributed by atoms with Gasteiger partial charge in [0.25, 0.3) is 0 Å². The Bertz CT molecular complexity index is 474. The molecule has 0 aliphatic rings. The predicted octanol–water partition coefficient (Wildman–Crippen LogP) is 1.70. The summed E-state index contributed by atoms with van der Waals surface area (Å²) < 4.78 is 27.1. The lowest BCUT2D eigenvalue weighted by Crippen LogP contribution is -2.08. The molecule has 0 N–H and O–H groups in total. The number of hydrogen-bond donors (Lipinski definition) is 0. The third-order valence-electron chi connectivity index (χ3n) is 2.19. The molecule has 0 saturated heterocycles. The standard InChI is InChI=1S/C12H16O4S/c1-10(13)11-4-6-12(7-5-11)16-8-3-9-17(2,14)15/h4-7H,3,8-9H2,1-2H3. The minimum absolute atomic E-state index is 0.00799. The van der Waals surface area contributed by atoms with Crippen LogP contribution in [-0.4, -0.2) is 32.8 Å². The Labute approximate surface area is 102 Å². The smallest absolute Gasteiger partial charge is 0.159 e. The van der Waals surface area contributed by atoms with Crippen LogP contribution in [0.3, 0.4) is 0 Å². The number of benzene rings is 1. The van der Waals surface area contributed by atoms with Crippen LogP contribution >= 0.6 is 0 Å². The van der Waals surface area contributed by atoms with Gasteiger partial charge < -0.3 is 4.74 Å². The highest BCUT2D eigenvalue weighted by molar-refractivity contribution is 7.90. The Kier molecular flexibility index (Phi) is 4.69. The number of ketones is 1. The summed E-state index contributed by atoms with van der Waals surface area (Å²) in [5, 5.41) is 0. The summed E-state index contributed by atoms with van der Waals surface area (Å²) in [6.45, 7) is 1.86. The van der Waals surface area contributed by atoms with Gasteiger partial charge in [0.15, 0.2) is 5.78 Å². The van der Waals surface area contributed by atoms with Gasteiger partial charge in [-0.3, -0.25) is 4.79 Å². The number of sulfone groups is 1. The summed E-state index contributed by atoms with van der Waals surface area (Å²) in [7, 11) is -2.92. The molecular formula is C12H16O4S. The van der Waals surface area contributed by atoms with Gasteiger partial charge in [0, 0.05) is 11.8 Å². The summed E-state index contributed by atoms with van der Waals surface area (Å²) in [5.41, 5.74) is 0.633. The van der Waals surface area contributed by atoms with Crippen LogP contribution in [0.2, 0.25) is 0 Å². The molecule has 0 fully saturated rings. The average molecular weight is 256 g/mol. The second kappa shape index (κ2) is 5.82. The van der Waals surface area contributed by atoms with Crippen molar-refractivity contribution in [3.8, 4) is 5.75 Å². The lowest BCUT2D eigenvalue weighted by Gasteiger charge is -2.05. The molecule has 0 atom stereocenters. The highest BCUT2D eigenvalue weighted by Crippen LogP contribution is 2.12. The van der Waals surface area contributed by atoms with E-state index >= 15 is 0 Å². The Hall–Kier alpha value is -1.36. The molecule has 1 aromatic rings. The number of Topliss-reactive ketones (excluding diaryl/α,β-unsaturated/α-hetero) is 1. The lowest BCUT2D eigenvalue weighted by atomic mass is 10.1. The molecule has 0 spiro atoms. The van der Waals surface area contributed by atoms with Crippen molar-refractivity contribution in [2.24, 2.45) is 0 Å². The first kappa shape index (κ1) is 13.7. The van der Waals surface area contributed by atoms with Crippen molar-refractivity contribution in [3.63, 3.8) is 0 Å². The summed E-state index contributed by atoms with van der Waals surface area (Å²) in [6, 6.07) is 6.79. The van der Waals surface area contributed by atoms with Gasteiger partial charge in [-0.2, -0.15) is 0 Å². The summed E-state index contributed by atoms with van der Waals surface area (Å²) in [6.07, 6.45) is 1.67. The van der Waals surface area contributed by atoms with Crippen LogP contribution in [0.25, 0.3) is 0 Å². The average Bonchev–Trinajstić information content (AvgIpc) is 2.24. The molecule has 0 radical (unpaired) electrons.